The molecule has 134 valence electrons. The number of likely N-dealkylation sites (N-methyl/N-ethyl adjacent to an activating group) is 1. The van der Waals surface area contributed by atoms with Crippen molar-refractivity contribution in [1.29, 1.82) is 0 Å². The van der Waals surface area contributed by atoms with E-state index < -0.39 is 0 Å². The Balaban J connectivity index is 2.69. The topological polar surface area (TPSA) is 61.4 Å². The van der Waals surface area contributed by atoms with E-state index in [-0.39, 0.29) is 30.4 Å². The summed E-state index contributed by atoms with van der Waals surface area (Å²) in [4.78, 5) is 25.6. The molecule has 0 aliphatic rings. The van der Waals surface area contributed by atoms with E-state index in [1.165, 1.54) is 10.5 Å². The van der Waals surface area contributed by atoms with Crippen molar-refractivity contribution in [2.75, 3.05) is 20.1 Å². The summed E-state index contributed by atoms with van der Waals surface area (Å²) < 4.78 is 0. The third kappa shape index (κ3) is 6.22. The number of nitrogens with one attached hydrogen (secondary N) is 2. The van der Waals surface area contributed by atoms with E-state index >= 15 is 0 Å². The lowest BCUT2D eigenvalue weighted by Crippen LogP contribution is -2.45. The molecule has 24 heavy (non-hydrogen) atoms. The van der Waals surface area contributed by atoms with Gasteiger partial charge >= 0.3 is 6.03 Å². The smallest absolute Gasteiger partial charge is 0.318 e. The highest BCUT2D eigenvalue weighted by Crippen LogP contribution is 2.22. The Morgan fingerprint density at radius 3 is 2.25 bits per heavy atom. The van der Waals surface area contributed by atoms with E-state index in [1.54, 1.807) is 7.05 Å². The molecule has 0 saturated carbocycles. The fourth-order valence-corrected chi connectivity index (χ4v) is 2.45. The number of hydrogen-bond acceptors (Lipinski definition) is 2. The van der Waals surface area contributed by atoms with Crippen LogP contribution in [0.2, 0.25) is 0 Å². The van der Waals surface area contributed by atoms with Gasteiger partial charge in [0.2, 0.25) is 5.91 Å². The highest BCUT2D eigenvalue weighted by atomic mass is 16.2. The van der Waals surface area contributed by atoms with Crippen molar-refractivity contribution in [3.8, 4) is 0 Å². The first kappa shape index (κ1) is 20.0. The number of rotatable bonds is 8. The molecule has 0 radical (unpaired) electrons. The fraction of sp³-hybridized carbons (Fsp3) is 0.579. The number of urea groups is 1. The fourth-order valence-electron chi connectivity index (χ4n) is 2.45. The molecular formula is C19H31N3O2. The van der Waals surface area contributed by atoms with Gasteiger partial charge in [-0.3, -0.25) is 4.79 Å². The van der Waals surface area contributed by atoms with Crippen molar-refractivity contribution in [3.63, 3.8) is 0 Å². The Hall–Kier alpha value is -2.04. The van der Waals surface area contributed by atoms with Crippen LogP contribution >= 0.6 is 0 Å². The number of carbonyl (C=O) groups is 2. The average Bonchev–Trinajstić information content (AvgIpc) is 2.57. The summed E-state index contributed by atoms with van der Waals surface area (Å²) in [5, 5.41) is 5.82. The van der Waals surface area contributed by atoms with Crippen LogP contribution < -0.4 is 10.6 Å². The summed E-state index contributed by atoms with van der Waals surface area (Å²) in [7, 11) is 1.64. The van der Waals surface area contributed by atoms with Gasteiger partial charge < -0.3 is 15.5 Å². The van der Waals surface area contributed by atoms with E-state index in [0.29, 0.717) is 6.54 Å². The third-order valence-electron chi connectivity index (χ3n) is 3.99. The van der Waals surface area contributed by atoms with Crippen molar-refractivity contribution in [1.82, 2.24) is 15.5 Å². The van der Waals surface area contributed by atoms with E-state index in [9.17, 15) is 9.59 Å². The first-order chi connectivity index (χ1) is 11.4. The first-order valence-corrected chi connectivity index (χ1v) is 8.76. The second-order valence-corrected chi connectivity index (χ2v) is 6.47. The summed E-state index contributed by atoms with van der Waals surface area (Å²) in [5.74, 6) is 0.117. The molecule has 0 spiro atoms. The quantitative estimate of drug-likeness (QED) is 0.768. The molecule has 0 saturated heterocycles. The summed E-state index contributed by atoms with van der Waals surface area (Å²) in [6, 6.07) is 8.01. The van der Waals surface area contributed by atoms with Crippen LogP contribution in [0, 0.1) is 5.92 Å². The lowest BCUT2D eigenvalue weighted by Gasteiger charge is -2.26. The molecule has 0 aliphatic carbocycles. The maximum Gasteiger partial charge on any atom is 0.318 e. The second kappa shape index (κ2) is 9.96. The van der Waals surface area contributed by atoms with Crippen LogP contribution in [0.25, 0.3) is 0 Å². The highest BCUT2D eigenvalue weighted by Gasteiger charge is 2.21. The van der Waals surface area contributed by atoms with Gasteiger partial charge in [0.05, 0.1) is 6.04 Å². The molecule has 2 N–H and O–H groups in total. The van der Waals surface area contributed by atoms with Crippen molar-refractivity contribution in [3.05, 3.63) is 35.4 Å². The van der Waals surface area contributed by atoms with Gasteiger partial charge in [-0.15, -0.1) is 0 Å². The molecule has 0 fully saturated rings. The molecule has 5 nitrogen and oxygen atoms in total. The van der Waals surface area contributed by atoms with Gasteiger partial charge in [0, 0.05) is 13.6 Å². The van der Waals surface area contributed by atoms with E-state index in [1.807, 2.05) is 6.92 Å². The maximum atomic E-state index is 12.4. The van der Waals surface area contributed by atoms with Gasteiger partial charge in [0.15, 0.2) is 0 Å². The number of aryl methyl sites for hydroxylation is 1. The van der Waals surface area contributed by atoms with Crippen molar-refractivity contribution < 1.29 is 9.59 Å². The summed E-state index contributed by atoms with van der Waals surface area (Å²) in [6.07, 6.45) is 1.87. The molecular weight excluding hydrogens is 302 g/mol. The number of carbonyl (C=O) groups excluding carboxylic acids is 2. The normalized spacial score (nSPS) is 11.9. The molecule has 1 rings (SSSR count). The lowest BCUT2D eigenvalue weighted by atomic mass is 9.95. The van der Waals surface area contributed by atoms with Gasteiger partial charge in [0.25, 0.3) is 0 Å². The summed E-state index contributed by atoms with van der Waals surface area (Å²) >= 11 is 0. The van der Waals surface area contributed by atoms with Crippen LogP contribution in [0.15, 0.2) is 24.3 Å². The summed E-state index contributed by atoms with van der Waals surface area (Å²) in [5.41, 5.74) is 2.36. The van der Waals surface area contributed by atoms with Crippen LogP contribution in [0.5, 0.6) is 0 Å². The minimum absolute atomic E-state index is 0.0609. The SMILES string of the molecule is CCCNC(=O)CN(C)C(=O)N[C@H](c1ccc(CC)cc1)C(C)C. The minimum Gasteiger partial charge on any atom is -0.355 e. The number of hydrogen-bond donors (Lipinski definition) is 2. The van der Waals surface area contributed by atoms with Crippen LogP contribution in [-0.2, 0) is 11.2 Å². The molecule has 0 aliphatic heterocycles. The van der Waals surface area contributed by atoms with Crippen LogP contribution in [-0.4, -0.2) is 37.0 Å². The maximum absolute atomic E-state index is 12.4. The molecule has 1 atom stereocenters. The first-order valence-electron chi connectivity index (χ1n) is 8.76. The Bertz CT molecular complexity index is 526. The van der Waals surface area contributed by atoms with E-state index in [4.69, 9.17) is 0 Å². The van der Waals surface area contributed by atoms with Crippen molar-refractivity contribution in [2.45, 2.75) is 46.6 Å². The molecule has 5 heteroatoms. The monoisotopic (exact) mass is 333 g/mol. The highest BCUT2D eigenvalue weighted by molar-refractivity contribution is 5.84. The molecule has 0 heterocycles. The average molecular weight is 333 g/mol. The zero-order valence-electron chi connectivity index (χ0n) is 15.6. The van der Waals surface area contributed by atoms with Gasteiger partial charge in [-0.2, -0.15) is 0 Å². The Morgan fingerprint density at radius 1 is 1.12 bits per heavy atom. The second-order valence-electron chi connectivity index (χ2n) is 6.47. The number of nitrogens with zero attached hydrogens (tertiary/aromatic N) is 1. The minimum atomic E-state index is -0.236. The van der Waals surface area contributed by atoms with Crippen LogP contribution in [0.3, 0.4) is 0 Å². The Kier molecular flexibility index (Phi) is 8.30. The largest absolute Gasteiger partial charge is 0.355 e. The number of benzene rings is 1. The zero-order chi connectivity index (χ0) is 18.1. The lowest BCUT2D eigenvalue weighted by molar-refractivity contribution is -0.121. The van der Waals surface area contributed by atoms with Gasteiger partial charge in [-0.1, -0.05) is 52.0 Å². The molecule has 0 aromatic heterocycles. The molecule has 0 bridgehead atoms. The van der Waals surface area contributed by atoms with Gasteiger partial charge in [-0.25, -0.2) is 4.79 Å². The molecule has 1 aromatic carbocycles. The van der Waals surface area contributed by atoms with E-state index in [0.717, 1.165) is 18.4 Å². The van der Waals surface area contributed by atoms with Gasteiger partial charge in [0.1, 0.15) is 6.54 Å². The van der Waals surface area contributed by atoms with Gasteiger partial charge in [-0.05, 0) is 29.9 Å². The van der Waals surface area contributed by atoms with E-state index in [2.05, 4.69) is 55.7 Å². The molecule has 0 unspecified atom stereocenters. The van der Waals surface area contributed by atoms with Crippen LogP contribution in [0.1, 0.15) is 51.3 Å². The Labute approximate surface area is 145 Å². The molecule has 1 aromatic rings. The zero-order valence-corrected chi connectivity index (χ0v) is 15.6. The number of amides is 3. The van der Waals surface area contributed by atoms with Crippen LogP contribution in [0.4, 0.5) is 4.79 Å². The standard InChI is InChI=1S/C19H31N3O2/c1-6-12-20-17(23)13-22(5)19(24)21-18(14(3)4)16-10-8-15(7-2)9-11-16/h8-11,14,18H,6-7,12-13H2,1-5H3,(H,20,23)(H,21,24)/t18-/m0/s1. The summed E-state index contributed by atoms with van der Waals surface area (Å²) in [6.45, 7) is 8.96. The molecule has 3 amide bonds. The Morgan fingerprint density at radius 2 is 1.75 bits per heavy atom. The van der Waals surface area contributed by atoms with Crippen molar-refractivity contribution >= 4 is 11.9 Å². The predicted octanol–water partition coefficient (Wildman–Crippen LogP) is 3.11. The predicted molar refractivity (Wildman–Crippen MR) is 97.9 cm³/mol. The third-order valence-corrected chi connectivity index (χ3v) is 3.99. The van der Waals surface area contributed by atoms with Crippen molar-refractivity contribution in [2.24, 2.45) is 5.92 Å².